The van der Waals surface area contributed by atoms with Crippen LogP contribution in [0.1, 0.15) is 26.2 Å². The van der Waals surface area contributed by atoms with Crippen LogP contribution in [0.15, 0.2) is 0 Å². The molecule has 1 rings (SSSR count). The highest BCUT2D eigenvalue weighted by molar-refractivity contribution is 5.75. The molecule has 1 fully saturated rings. The standard InChI is InChI=1S/C11H20N2O5/c1-11(4-2-6-18-7-11)13-10(17)12-5-3-8(14)9(15)16/h8,14H,2-7H2,1H3,(H,15,16)(H2,12,13,17). The summed E-state index contributed by atoms with van der Waals surface area (Å²) in [6.07, 6.45) is 0.279. The second kappa shape index (κ2) is 6.55. The average molecular weight is 260 g/mol. The Kier molecular flexibility index (Phi) is 5.36. The molecule has 0 spiro atoms. The number of carboxylic acid groups (broad SMARTS) is 1. The van der Waals surface area contributed by atoms with Crippen molar-refractivity contribution in [3.8, 4) is 0 Å². The number of carbonyl (C=O) groups excluding carboxylic acids is 1. The molecule has 0 bridgehead atoms. The van der Waals surface area contributed by atoms with Gasteiger partial charge in [0.1, 0.15) is 0 Å². The average Bonchev–Trinajstić information content (AvgIpc) is 2.28. The van der Waals surface area contributed by atoms with Gasteiger partial charge in [0.05, 0.1) is 12.1 Å². The number of hydrogen-bond donors (Lipinski definition) is 4. The van der Waals surface area contributed by atoms with Gasteiger partial charge >= 0.3 is 12.0 Å². The molecule has 2 atom stereocenters. The molecule has 1 heterocycles. The fraction of sp³-hybridized carbons (Fsp3) is 0.818. The Morgan fingerprint density at radius 1 is 1.50 bits per heavy atom. The highest BCUT2D eigenvalue weighted by Crippen LogP contribution is 2.17. The van der Waals surface area contributed by atoms with Crippen molar-refractivity contribution in [1.29, 1.82) is 0 Å². The third kappa shape index (κ3) is 4.89. The lowest BCUT2D eigenvalue weighted by Gasteiger charge is -2.34. The smallest absolute Gasteiger partial charge is 0.332 e. The zero-order valence-corrected chi connectivity index (χ0v) is 10.4. The molecule has 1 saturated heterocycles. The van der Waals surface area contributed by atoms with Gasteiger partial charge < -0.3 is 25.6 Å². The van der Waals surface area contributed by atoms with E-state index in [4.69, 9.17) is 14.9 Å². The zero-order chi connectivity index (χ0) is 13.6. The summed E-state index contributed by atoms with van der Waals surface area (Å²) in [4.78, 5) is 21.9. The first kappa shape index (κ1) is 14.7. The molecular weight excluding hydrogens is 240 g/mol. The Morgan fingerprint density at radius 3 is 2.78 bits per heavy atom. The van der Waals surface area contributed by atoms with Gasteiger partial charge in [0.15, 0.2) is 6.10 Å². The van der Waals surface area contributed by atoms with Crippen LogP contribution in [0.3, 0.4) is 0 Å². The minimum absolute atomic E-state index is 0.0179. The Hall–Kier alpha value is -1.34. The van der Waals surface area contributed by atoms with Crippen molar-refractivity contribution >= 4 is 12.0 Å². The van der Waals surface area contributed by atoms with Crippen molar-refractivity contribution in [2.75, 3.05) is 19.8 Å². The number of aliphatic hydroxyl groups is 1. The first-order valence-corrected chi connectivity index (χ1v) is 5.97. The summed E-state index contributed by atoms with van der Waals surface area (Å²) in [6, 6.07) is -0.374. The lowest BCUT2D eigenvalue weighted by molar-refractivity contribution is -0.146. The van der Waals surface area contributed by atoms with Crippen molar-refractivity contribution in [3.63, 3.8) is 0 Å². The van der Waals surface area contributed by atoms with Crippen molar-refractivity contribution in [2.45, 2.75) is 37.8 Å². The van der Waals surface area contributed by atoms with Crippen LogP contribution in [0.5, 0.6) is 0 Å². The largest absolute Gasteiger partial charge is 0.479 e. The Labute approximate surface area is 106 Å². The predicted molar refractivity (Wildman–Crippen MR) is 63.3 cm³/mol. The topological polar surface area (TPSA) is 108 Å². The lowest BCUT2D eigenvalue weighted by Crippen LogP contribution is -2.54. The molecule has 0 radical (unpaired) electrons. The summed E-state index contributed by atoms with van der Waals surface area (Å²) in [7, 11) is 0. The van der Waals surface area contributed by atoms with Crippen LogP contribution >= 0.6 is 0 Å². The summed E-state index contributed by atoms with van der Waals surface area (Å²) in [5.74, 6) is -1.29. The van der Waals surface area contributed by atoms with Crippen LogP contribution in [-0.4, -0.2) is 53.6 Å². The summed E-state index contributed by atoms with van der Waals surface area (Å²) in [5, 5.41) is 22.8. The van der Waals surface area contributed by atoms with E-state index in [0.29, 0.717) is 13.2 Å². The van der Waals surface area contributed by atoms with Gasteiger partial charge in [-0.25, -0.2) is 9.59 Å². The lowest BCUT2D eigenvalue weighted by atomic mass is 9.95. The molecule has 1 aliphatic rings. The van der Waals surface area contributed by atoms with E-state index in [9.17, 15) is 9.59 Å². The Balaban J connectivity index is 2.22. The highest BCUT2D eigenvalue weighted by atomic mass is 16.5. The van der Waals surface area contributed by atoms with E-state index in [1.807, 2.05) is 6.92 Å². The molecule has 7 nitrogen and oxygen atoms in total. The molecule has 0 aromatic rings. The van der Waals surface area contributed by atoms with Crippen LogP contribution in [0.25, 0.3) is 0 Å². The minimum Gasteiger partial charge on any atom is -0.479 e. The van der Waals surface area contributed by atoms with Gasteiger partial charge in [-0.05, 0) is 19.8 Å². The van der Waals surface area contributed by atoms with Gasteiger partial charge in [-0.2, -0.15) is 0 Å². The summed E-state index contributed by atoms with van der Waals surface area (Å²) in [6.45, 7) is 3.19. The molecule has 0 aromatic heterocycles. The summed E-state index contributed by atoms with van der Waals surface area (Å²) in [5.41, 5.74) is -0.381. The number of aliphatic carboxylic acids is 1. The molecule has 104 valence electrons. The first-order chi connectivity index (χ1) is 8.43. The monoisotopic (exact) mass is 260 g/mol. The maximum absolute atomic E-state index is 11.6. The zero-order valence-electron chi connectivity index (χ0n) is 10.4. The fourth-order valence-electron chi connectivity index (χ4n) is 1.80. The number of aliphatic hydroxyl groups excluding tert-OH is 1. The Morgan fingerprint density at radius 2 is 2.22 bits per heavy atom. The maximum Gasteiger partial charge on any atom is 0.332 e. The SMILES string of the molecule is CC1(NC(=O)NCCC(O)C(=O)O)CCCOC1. The fourth-order valence-corrected chi connectivity index (χ4v) is 1.80. The van der Waals surface area contributed by atoms with E-state index in [-0.39, 0.29) is 24.5 Å². The van der Waals surface area contributed by atoms with Crippen LogP contribution in [-0.2, 0) is 9.53 Å². The molecule has 7 heteroatoms. The third-order valence-electron chi connectivity index (χ3n) is 2.84. The van der Waals surface area contributed by atoms with Crippen LogP contribution in [0.2, 0.25) is 0 Å². The Bertz CT molecular complexity index is 302. The molecule has 2 amide bonds. The van der Waals surface area contributed by atoms with Crippen molar-refractivity contribution < 1.29 is 24.5 Å². The molecule has 4 N–H and O–H groups in total. The second-order valence-corrected chi connectivity index (χ2v) is 4.74. The van der Waals surface area contributed by atoms with Crippen LogP contribution in [0, 0.1) is 0 Å². The number of carboxylic acids is 1. The molecular formula is C11H20N2O5. The number of carbonyl (C=O) groups is 2. The number of rotatable bonds is 5. The number of urea groups is 1. The maximum atomic E-state index is 11.6. The van der Waals surface area contributed by atoms with E-state index in [1.54, 1.807) is 0 Å². The van der Waals surface area contributed by atoms with E-state index in [1.165, 1.54) is 0 Å². The number of amides is 2. The molecule has 0 aromatic carbocycles. The van der Waals surface area contributed by atoms with Crippen molar-refractivity contribution in [1.82, 2.24) is 10.6 Å². The summed E-state index contributed by atoms with van der Waals surface area (Å²) >= 11 is 0. The van der Waals surface area contributed by atoms with Gasteiger partial charge in [0.25, 0.3) is 0 Å². The van der Waals surface area contributed by atoms with E-state index >= 15 is 0 Å². The highest BCUT2D eigenvalue weighted by Gasteiger charge is 2.29. The van der Waals surface area contributed by atoms with Gasteiger partial charge in [-0.3, -0.25) is 0 Å². The van der Waals surface area contributed by atoms with Crippen molar-refractivity contribution in [2.24, 2.45) is 0 Å². The predicted octanol–water partition coefficient (Wildman–Crippen LogP) is -0.310. The molecule has 18 heavy (non-hydrogen) atoms. The van der Waals surface area contributed by atoms with Crippen LogP contribution in [0.4, 0.5) is 4.79 Å². The van der Waals surface area contributed by atoms with Gasteiger partial charge in [0, 0.05) is 19.6 Å². The number of nitrogens with one attached hydrogen (secondary N) is 2. The quantitative estimate of drug-likeness (QED) is 0.542. The van der Waals surface area contributed by atoms with Crippen LogP contribution < -0.4 is 10.6 Å². The normalized spacial score (nSPS) is 25.2. The molecule has 0 saturated carbocycles. The number of ether oxygens (including phenoxy) is 1. The van der Waals surface area contributed by atoms with Gasteiger partial charge in [-0.1, -0.05) is 0 Å². The minimum atomic E-state index is -1.45. The molecule has 1 aliphatic heterocycles. The molecule has 2 unspecified atom stereocenters. The first-order valence-electron chi connectivity index (χ1n) is 5.97. The van der Waals surface area contributed by atoms with Gasteiger partial charge in [-0.15, -0.1) is 0 Å². The van der Waals surface area contributed by atoms with E-state index in [2.05, 4.69) is 10.6 Å². The number of hydrogen-bond acceptors (Lipinski definition) is 4. The molecule has 0 aliphatic carbocycles. The summed E-state index contributed by atoms with van der Waals surface area (Å²) < 4.78 is 5.30. The van der Waals surface area contributed by atoms with Crippen molar-refractivity contribution in [3.05, 3.63) is 0 Å². The third-order valence-corrected chi connectivity index (χ3v) is 2.84. The second-order valence-electron chi connectivity index (χ2n) is 4.74. The van der Waals surface area contributed by atoms with Gasteiger partial charge in [0.2, 0.25) is 0 Å². The van der Waals surface area contributed by atoms with E-state index < -0.39 is 12.1 Å². The van der Waals surface area contributed by atoms with E-state index in [0.717, 1.165) is 12.8 Å².